The molecule has 0 fully saturated rings. The maximum Gasteiger partial charge on any atom is 0.174 e. The first-order valence-electron chi connectivity index (χ1n) is 9.28. The molecule has 4 heteroatoms. The number of aromatic nitrogens is 1. The van der Waals surface area contributed by atoms with Gasteiger partial charge < -0.3 is 10.4 Å². The highest BCUT2D eigenvalue weighted by Gasteiger charge is 2.42. The fourth-order valence-electron chi connectivity index (χ4n) is 4.61. The molecule has 0 bridgehead atoms. The van der Waals surface area contributed by atoms with Crippen LogP contribution in [0.2, 0.25) is 0 Å². The van der Waals surface area contributed by atoms with E-state index in [1.807, 2.05) is 66.7 Å². The summed E-state index contributed by atoms with van der Waals surface area (Å²) in [6.07, 6.45) is 0. The van der Waals surface area contributed by atoms with Crippen LogP contribution in [0.5, 0.6) is 0 Å². The molecule has 1 unspecified atom stereocenters. The number of nitrogens with two attached hydrogens (primary N) is 1. The van der Waals surface area contributed by atoms with Crippen molar-refractivity contribution in [1.82, 2.24) is 4.68 Å². The monoisotopic (exact) mass is 380 g/mol. The summed E-state index contributed by atoms with van der Waals surface area (Å²) in [6, 6.07) is 30.1. The molecular weight excluding hydrogens is 363 g/mol. The average molecular weight is 380 g/mol. The summed E-state index contributed by atoms with van der Waals surface area (Å²) < 4.78 is 16.5. The van der Waals surface area contributed by atoms with Gasteiger partial charge in [-0.2, -0.15) is 0 Å². The summed E-state index contributed by atoms with van der Waals surface area (Å²) in [6.45, 7) is 0. The first-order chi connectivity index (χ1) is 13.7. The summed E-state index contributed by atoms with van der Waals surface area (Å²) in [7, 11) is -3.03. The van der Waals surface area contributed by atoms with E-state index < -0.39 is 7.14 Å². The molecule has 2 N–H and O–H groups in total. The molecule has 2 heterocycles. The molecule has 1 aliphatic heterocycles. The van der Waals surface area contributed by atoms with Gasteiger partial charge in [0.1, 0.15) is 0 Å². The van der Waals surface area contributed by atoms with Crippen molar-refractivity contribution >= 4 is 44.9 Å². The molecule has 0 spiro atoms. The van der Waals surface area contributed by atoms with Gasteiger partial charge in [0.2, 0.25) is 0 Å². The first kappa shape index (κ1) is 15.7. The minimum Gasteiger partial charge on any atom is -0.339 e. The summed E-state index contributed by atoms with van der Waals surface area (Å²) in [4.78, 5) is 0. The van der Waals surface area contributed by atoms with E-state index >= 15 is 0 Å². The number of para-hydroxylation sites is 1. The van der Waals surface area contributed by atoms with E-state index in [0.717, 1.165) is 48.8 Å². The Morgan fingerprint density at radius 1 is 0.679 bits per heavy atom. The molecule has 1 aliphatic rings. The van der Waals surface area contributed by atoms with Crippen LogP contribution in [0.15, 0.2) is 91.0 Å². The summed E-state index contributed by atoms with van der Waals surface area (Å²) in [5, 5.41) is 4.73. The van der Waals surface area contributed by atoms with Gasteiger partial charge in [-0.3, -0.25) is 4.68 Å². The van der Waals surface area contributed by atoms with Gasteiger partial charge in [0, 0.05) is 21.4 Å². The smallest absolute Gasteiger partial charge is 0.174 e. The van der Waals surface area contributed by atoms with E-state index in [1.165, 1.54) is 0 Å². The Bertz CT molecular complexity index is 1450. The predicted molar refractivity (Wildman–Crippen MR) is 118 cm³/mol. The molecule has 5 aromatic rings. The van der Waals surface area contributed by atoms with Gasteiger partial charge in [0.25, 0.3) is 0 Å². The second-order valence-corrected chi connectivity index (χ2v) is 9.87. The third kappa shape index (κ3) is 1.77. The number of hydrogen-bond donors (Lipinski definition) is 1. The average Bonchev–Trinajstić information content (AvgIpc) is 3.20. The molecule has 0 saturated heterocycles. The van der Waals surface area contributed by atoms with Crippen molar-refractivity contribution in [3.63, 3.8) is 0 Å². The summed E-state index contributed by atoms with van der Waals surface area (Å²) in [5.41, 5.74) is 3.87. The Morgan fingerprint density at radius 3 is 2.25 bits per heavy atom. The lowest BCUT2D eigenvalue weighted by atomic mass is 10.0. The molecule has 0 saturated carbocycles. The number of hydrogen-bond acceptors (Lipinski definition) is 2. The number of fused-ring (bicyclic) bond motifs is 7. The molecule has 6 rings (SSSR count). The Hall–Kier alpha value is -3.29. The maximum atomic E-state index is 14.8. The molecular formula is C24H17N2OP. The number of nitrogens with zero attached hydrogens (tertiary/aromatic N) is 1. The second kappa shape index (κ2) is 5.37. The van der Waals surface area contributed by atoms with Gasteiger partial charge in [0.05, 0.1) is 16.3 Å². The molecule has 28 heavy (non-hydrogen) atoms. The Balaban J connectivity index is 1.87. The zero-order valence-corrected chi connectivity index (χ0v) is 15.9. The standard InChI is InChI=1S/C24H17N2OP/c25-26-21-12-6-4-10-17(21)19-14-15-20-18-11-5-7-13-22(18)28(27,24(20)23(19)26)16-8-2-1-3-9-16/h1-15H,25H2. The van der Waals surface area contributed by atoms with Crippen molar-refractivity contribution in [2.45, 2.75) is 0 Å². The van der Waals surface area contributed by atoms with Crippen molar-refractivity contribution in [3.05, 3.63) is 91.0 Å². The highest BCUT2D eigenvalue weighted by Crippen LogP contribution is 2.54. The zero-order chi connectivity index (χ0) is 18.9. The van der Waals surface area contributed by atoms with Gasteiger partial charge >= 0.3 is 0 Å². The SMILES string of the molecule is Nn1c2ccccc2c2ccc3c(c21)P(=O)(c1ccccc1)c1ccccc1-3. The van der Waals surface area contributed by atoms with Crippen LogP contribution in [0.25, 0.3) is 32.9 Å². The lowest BCUT2D eigenvalue weighted by molar-refractivity contribution is 0.593. The number of nitrogen functional groups attached to an aromatic ring is 1. The van der Waals surface area contributed by atoms with Crippen molar-refractivity contribution in [2.24, 2.45) is 0 Å². The van der Waals surface area contributed by atoms with Crippen molar-refractivity contribution in [1.29, 1.82) is 0 Å². The van der Waals surface area contributed by atoms with E-state index in [1.54, 1.807) is 4.68 Å². The molecule has 0 aliphatic carbocycles. The van der Waals surface area contributed by atoms with Crippen LogP contribution in [0.3, 0.4) is 0 Å². The lowest BCUT2D eigenvalue weighted by Gasteiger charge is -2.17. The van der Waals surface area contributed by atoms with Crippen molar-refractivity contribution < 1.29 is 4.57 Å². The van der Waals surface area contributed by atoms with Crippen LogP contribution >= 0.6 is 7.14 Å². The Kier molecular flexibility index (Phi) is 3.02. The second-order valence-electron chi connectivity index (χ2n) is 7.21. The van der Waals surface area contributed by atoms with Gasteiger partial charge in [-0.25, -0.2) is 0 Å². The third-order valence-electron chi connectivity index (χ3n) is 5.81. The van der Waals surface area contributed by atoms with Crippen LogP contribution in [-0.2, 0) is 4.57 Å². The molecule has 4 aromatic carbocycles. The van der Waals surface area contributed by atoms with Crippen molar-refractivity contribution in [2.75, 3.05) is 5.84 Å². The minimum absolute atomic E-state index is 0.846. The summed E-state index contributed by atoms with van der Waals surface area (Å²) in [5.74, 6) is 6.58. The molecule has 1 aromatic heterocycles. The van der Waals surface area contributed by atoms with E-state index in [0.29, 0.717) is 0 Å². The molecule has 0 radical (unpaired) electrons. The molecule has 1 atom stereocenters. The fraction of sp³-hybridized carbons (Fsp3) is 0. The highest BCUT2D eigenvalue weighted by atomic mass is 31.2. The quantitative estimate of drug-likeness (QED) is 0.344. The van der Waals surface area contributed by atoms with Crippen LogP contribution in [0.4, 0.5) is 0 Å². The Morgan fingerprint density at radius 2 is 1.39 bits per heavy atom. The number of benzene rings is 4. The Labute approximate surface area is 162 Å². The van der Waals surface area contributed by atoms with E-state index in [-0.39, 0.29) is 0 Å². The van der Waals surface area contributed by atoms with E-state index in [2.05, 4.69) is 24.3 Å². The number of rotatable bonds is 1. The topological polar surface area (TPSA) is 48.0 Å². The lowest BCUT2D eigenvalue weighted by Crippen LogP contribution is -2.23. The van der Waals surface area contributed by atoms with Crippen LogP contribution < -0.4 is 21.8 Å². The molecule has 134 valence electrons. The van der Waals surface area contributed by atoms with Gasteiger partial charge in [-0.1, -0.05) is 84.9 Å². The van der Waals surface area contributed by atoms with Crippen LogP contribution in [0, 0.1) is 0 Å². The van der Waals surface area contributed by atoms with Gasteiger partial charge in [-0.15, -0.1) is 0 Å². The van der Waals surface area contributed by atoms with E-state index in [4.69, 9.17) is 5.84 Å². The van der Waals surface area contributed by atoms with E-state index in [9.17, 15) is 4.57 Å². The normalized spacial score (nSPS) is 17.7. The summed E-state index contributed by atoms with van der Waals surface area (Å²) >= 11 is 0. The third-order valence-corrected chi connectivity index (χ3v) is 8.99. The fourth-order valence-corrected chi connectivity index (χ4v) is 7.87. The molecule has 0 amide bonds. The van der Waals surface area contributed by atoms with Crippen LogP contribution in [0.1, 0.15) is 0 Å². The zero-order valence-electron chi connectivity index (χ0n) is 15.0. The van der Waals surface area contributed by atoms with Crippen molar-refractivity contribution in [3.8, 4) is 11.1 Å². The maximum absolute atomic E-state index is 14.8. The predicted octanol–water partition coefficient (Wildman–Crippen LogP) is 4.13. The minimum atomic E-state index is -3.03. The largest absolute Gasteiger partial charge is 0.339 e. The van der Waals surface area contributed by atoms with Crippen LogP contribution in [-0.4, -0.2) is 4.68 Å². The molecule has 3 nitrogen and oxygen atoms in total. The van der Waals surface area contributed by atoms with Gasteiger partial charge in [0.15, 0.2) is 7.14 Å². The first-order valence-corrected chi connectivity index (χ1v) is 11.0. The van der Waals surface area contributed by atoms with Gasteiger partial charge in [-0.05, 0) is 17.2 Å². The highest BCUT2D eigenvalue weighted by molar-refractivity contribution is 7.86.